The number of benzene rings is 1. The Morgan fingerprint density at radius 2 is 1.62 bits per heavy atom. The summed E-state index contributed by atoms with van der Waals surface area (Å²) in [6.07, 6.45) is 0.942. The molecule has 0 unspecified atom stereocenters. The van der Waals surface area contributed by atoms with E-state index < -0.39 is 31.4 Å². The van der Waals surface area contributed by atoms with Gasteiger partial charge in [0, 0.05) is 18.2 Å². The van der Waals surface area contributed by atoms with E-state index in [1.54, 1.807) is 20.8 Å². The van der Waals surface area contributed by atoms with E-state index in [2.05, 4.69) is 4.72 Å². The molecule has 0 aromatic heterocycles. The molecule has 7 nitrogen and oxygen atoms in total. The van der Waals surface area contributed by atoms with Crippen LogP contribution >= 0.6 is 0 Å². The first-order chi connectivity index (χ1) is 10.7. The van der Waals surface area contributed by atoms with Crippen LogP contribution in [0, 0.1) is 13.8 Å². The number of carboxylic acids is 1. The minimum absolute atomic E-state index is 0.0359. The third-order valence-corrected chi connectivity index (χ3v) is 6.57. The Morgan fingerprint density at radius 1 is 1.12 bits per heavy atom. The van der Waals surface area contributed by atoms with E-state index in [1.807, 2.05) is 0 Å². The third-order valence-electron chi connectivity index (χ3n) is 3.52. The van der Waals surface area contributed by atoms with Crippen molar-refractivity contribution in [3.05, 3.63) is 23.3 Å². The first-order valence-corrected chi connectivity index (χ1v) is 10.6. The van der Waals surface area contributed by atoms with E-state index in [0.29, 0.717) is 5.56 Å². The van der Waals surface area contributed by atoms with E-state index in [0.717, 1.165) is 6.26 Å². The molecule has 0 radical (unpaired) electrons. The Balaban J connectivity index is 3.34. The van der Waals surface area contributed by atoms with Crippen molar-refractivity contribution in [2.75, 3.05) is 6.26 Å². The summed E-state index contributed by atoms with van der Waals surface area (Å²) in [6, 6.07) is 2.83. The van der Waals surface area contributed by atoms with E-state index in [9.17, 15) is 21.6 Å². The zero-order chi connectivity index (χ0) is 18.9. The van der Waals surface area contributed by atoms with Gasteiger partial charge in [0.2, 0.25) is 10.0 Å². The van der Waals surface area contributed by atoms with E-state index >= 15 is 0 Å². The fraction of sp³-hybridized carbons (Fsp3) is 0.533. The molecule has 0 amide bonds. The molecule has 0 aliphatic rings. The van der Waals surface area contributed by atoms with Gasteiger partial charge in [-0.15, -0.1) is 0 Å². The number of aryl methyl sites for hydroxylation is 1. The standard InChI is InChI=1S/C15H23NO6S2/c1-10-8-12(23(5,19)20)11(2)13(9-10)24(21,22)16-15(3,4)7-6-14(17)18/h8-9,16H,6-7H2,1-5H3,(H,17,18). The molecule has 136 valence electrons. The number of nitrogens with one attached hydrogen (secondary N) is 1. The number of sulfonamides is 1. The highest BCUT2D eigenvalue weighted by Crippen LogP contribution is 2.26. The van der Waals surface area contributed by atoms with Crippen LogP contribution in [0.2, 0.25) is 0 Å². The molecule has 0 spiro atoms. The van der Waals surface area contributed by atoms with Gasteiger partial charge in [-0.1, -0.05) is 0 Å². The highest BCUT2D eigenvalue weighted by molar-refractivity contribution is 7.91. The Kier molecular flexibility index (Phi) is 5.85. The third kappa shape index (κ3) is 5.29. The summed E-state index contributed by atoms with van der Waals surface area (Å²) >= 11 is 0. The first-order valence-electron chi connectivity index (χ1n) is 7.23. The predicted octanol–water partition coefficient (Wildman–Crippen LogP) is 1.63. The van der Waals surface area contributed by atoms with Crippen molar-refractivity contribution in [2.24, 2.45) is 0 Å². The number of hydrogen-bond donors (Lipinski definition) is 2. The van der Waals surface area contributed by atoms with Gasteiger partial charge in [-0.05, 0) is 57.4 Å². The Bertz CT molecular complexity index is 854. The van der Waals surface area contributed by atoms with Crippen LogP contribution in [0.4, 0.5) is 0 Å². The minimum atomic E-state index is -4.01. The Labute approximate surface area is 143 Å². The van der Waals surface area contributed by atoms with E-state index in [1.165, 1.54) is 19.1 Å². The SMILES string of the molecule is Cc1cc(S(C)(=O)=O)c(C)c(S(=O)(=O)NC(C)(C)CCC(=O)O)c1. The molecule has 0 fully saturated rings. The van der Waals surface area contributed by atoms with Crippen LogP contribution in [0.15, 0.2) is 21.9 Å². The predicted molar refractivity (Wildman–Crippen MR) is 90.3 cm³/mol. The summed E-state index contributed by atoms with van der Waals surface area (Å²) in [5, 5.41) is 8.75. The van der Waals surface area contributed by atoms with Crippen LogP contribution in [0.25, 0.3) is 0 Å². The summed E-state index contributed by atoms with van der Waals surface area (Å²) in [6.45, 7) is 6.21. The van der Waals surface area contributed by atoms with Gasteiger partial charge in [0.15, 0.2) is 9.84 Å². The molecule has 0 aliphatic carbocycles. The maximum Gasteiger partial charge on any atom is 0.303 e. The molecule has 1 aromatic rings. The molecule has 0 aliphatic heterocycles. The number of aliphatic carboxylic acids is 1. The van der Waals surface area contributed by atoms with Gasteiger partial charge < -0.3 is 5.11 Å². The largest absolute Gasteiger partial charge is 0.481 e. The van der Waals surface area contributed by atoms with Crippen molar-refractivity contribution in [3.8, 4) is 0 Å². The molecule has 2 N–H and O–H groups in total. The van der Waals surface area contributed by atoms with Crippen LogP contribution in [0.5, 0.6) is 0 Å². The smallest absolute Gasteiger partial charge is 0.303 e. The van der Waals surface area contributed by atoms with Crippen molar-refractivity contribution >= 4 is 25.8 Å². The van der Waals surface area contributed by atoms with Crippen LogP contribution in [-0.4, -0.2) is 39.7 Å². The lowest BCUT2D eigenvalue weighted by Crippen LogP contribution is -2.43. The molecule has 0 saturated heterocycles. The summed E-state index contributed by atoms with van der Waals surface area (Å²) in [5.74, 6) is -1.02. The van der Waals surface area contributed by atoms with Crippen LogP contribution < -0.4 is 4.72 Å². The van der Waals surface area contributed by atoms with Gasteiger partial charge >= 0.3 is 5.97 Å². The number of hydrogen-bond acceptors (Lipinski definition) is 5. The van der Waals surface area contributed by atoms with Crippen molar-refractivity contribution in [1.29, 1.82) is 0 Å². The van der Waals surface area contributed by atoms with Gasteiger partial charge in [0.25, 0.3) is 0 Å². The minimum Gasteiger partial charge on any atom is -0.481 e. The van der Waals surface area contributed by atoms with Crippen LogP contribution in [-0.2, 0) is 24.7 Å². The number of rotatable bonds is 7. The lowest BCUT2D eigenvalue weighted by molar-refractivity contribution is -0.137. The molecular formula is C15H23NO6S2. The topological polar surface area (TPSA) is 118 Å². The summed E-state index contributed by atoms with van der Waals surface area (Å²) in [7, 11) is -7.58. The van der Waals surface area contributed by atoms with Gasteiger partial charge in [0.05, 0.1) is 9.79 Å². The second-order valence-electron chi connectivity index (χ2n) is 6.54. The highest BCUT2D eigenvalue weighted by atomic mass is 32.2. The lowest BCUT2D eigenvalue weighted by atomic mass is 10.0. The molecular weight excluding hydrogens is 354 g/mol. The van der Waals surface area contributed by atoms with Crippen molar-refractivity contribution in [1.82, 2.24) is 4.72 Å². The van der Waals surface area contributed by atoms with Crippen molar-refractivity contribution in [3.63, 3.8) is 0 Å². The second-order valence-corrected chi connectivity index (χ2v) is 10.2. The number of sulfone groups is 1. The van der Waals surface area contributed by atoms with Crippen LogP contribution in [0.1, 0.15) is 37.8 Å². The molecule has 1 aromatic carbocycles. The maximum atomic E-state index is 12.7. The average molecular weight is 377 g/mol. The zero-order valence-electron chi connectivity index (χ0n) is 14.4. The number of carbonyl (C=O) groups is 1. The summed E-state index contributed by atoms with van der Waals surface area (Å²) < 4.78 is 51.6. The van der Waals surface area contributed by atoms with Crippen molar-refractivity contribution in [2.45, 2.75) is 55.9 Å². The normalized spacial score (nSPS) is 13.0. The second kappa shape index (κ2) is 6.81. The maximum absolute atomic E-state index is 12.7. The Hall–Kier alpha value is -1.45. The quantitative estimate of drug-likeness (QED) is 0.746. The van der Waals surface area contributed by atoms with Gasteiger partial charge in [-0.2, -0.15) is 0 Å². The molecule has 1 rings (SSSR count). The number of carboxylic acid groups (broad SMARTS) is 1. The molecule has 0 atom stereocenters. The van der Waals surface area contributed by atoms with Crippen LogP contribution in [0.3, 0.4) is 0 Å². The molecule has 24 heavy (non-hydrogen) atoms. The molecule has 0 heterocycles. The molecule has 0 bridgehead atoms. The fourth-order valence-corrected chi connectivity index (χ4v) is 5.27. The average Bonchev–Trinajstić information content (AvgIpc) is 2.36. The van der Waals surface area contributed by atoms with E-state index in [-0.39, 0.29) is 28.2 Å². The molecule has 0 saturated carbocycles. The summed E-state index contributed by atoms with van der Waals surface area (Å²) in [4.78, 5) is 10.5. The van der Waals surface area contributed by atoms with Crippen molar-refractivity contribution < 1.29 is 26.7 Å². The molecule has 9 heteroatoms. The Morgan fingerprint density at radius 3 is 2.08 bits per heavy atom. The fourth-order valence-electron chi connectivity index (χ4n) is 2.35. The van der Waals surface area contributed by atoms with Gasteiger partial charge in [-0.3, -0.25) is 4.79 Å². The lowest BCUT2D eigenvalue weighted by Gasteiger charge is -2.26. The zero-order valence-corrected chi connectivity index (χ0v) is 16.0. The summed E-state index contributed by atoms with van der Waals surface area (Å²) in [5.41, 5.74) is -0.340. The first kappa shape index (κ1) is 20.6. The van der Waals surface area contributed by atoms with Gasteiger partial charge in [-0.25, -0.2) is 21.6 Å². The monoisotopic (exact) mass is 377 g/mol. The van der Waals surface area contributed by atoms with Gasteiger partial charge in [0.1, 0.15) is 0 Å². The van der Waals surface area contributed by atoms with E-state index in [4.69, 9.17) is 5.11 Å². The highest BCUT2D eigenvalue weighted by Gasteiger charge is 2.29.